The van der Waals surface area contributed by atoms with Crippen molar-refractivity contribution in [1.82, 2.24) is 5.32 Å². The van der Waals surface area contributed by atoms with Gasteiger partial charge in [0.15, 0.2) is 0 Å². The second-order valence-corrected chi connectivity index (χ2v) is 16.2. The van der Waals surface area contributed by atoms with E-state index in [-0.39, 0.29) is 31.3 Å². The van der Waals surface area contributed by atoms with E-state index in [9.17, 15) is 19.8 Å². The average molecular weight is 846 g/mol. The normalized spacial score (nSPS) is 14.2. The third-order valence-corrected chi connectivity index (χ3v) is 10.4. The van der Waals surface area contributed by atoms with Crippen LogP contribution in [-0.2, 0) is 14.3 Å². The number of esters is 1. The van der Waals surface area contributed by atoms with Crippen molar-refractivity contribution in [2.45, 2.75) is 219 Å². The molecule has 61 heavy (non-hydrogen) atoms. The Bertz CT molecular complexity index is 1270. The van der Waals surface area contributed by atoms with Gasteiger partial charge in [-0.3, -0.25) is 9.59 Å². The molecule has 0 aliphatic carbocycles. The number of hydrogen-bond acceptors (Lipinski definition) is 5. The summed E-state index contributed by atoms with van der Waals surface area (Å²) in [6.45, 7) is 6.18. The van der Waals surface area contributed by atoms with Gasteiger partial charge in [-0.25, -0.2) is 0 Å². The summed E-state index contributed by atoms with van der Waals surface area (Å²) in [7, 11) is 0. The van der Waals surface area contributed by atoms with Gasteiger partial charge in [0.1, 0.15) is 6.10 Å². The van der Waals surface area contributed by atoms with Crippen LogP contribution in [0.3, 0.4) is 0 Å². The number of rotatable bonds is 42. The van der Waals surface area contributed by atoms with E-state index in [1.165, 1.54) is 44.9 Å². The lowest BCUT2D eigenvalue weighted by Gasteiger charge is -2.24. The Hall–Kier alpha value is -3.48. The predicted octanol–water partition coefficient (Wildman–Crippen LogP) is 14.7. The number of nitrogens with one attached hydrogen (secondary N) is 1. The summed E-state index contributed by atoms with van der Waals surface area (Å²) in [5.74, 6) is -0.606. The Labute approximate surface area is 375 Å². The van der Waals surface area contributed by atoms with Crippen LogP contribution in [0.5, 0.6) is 0 Å². The van der Waals surface area contributed by atoms with Gasteiger partial charge < -0.3 is 20.3 Å². The van der Waals surface area contributed by atoms with Gasteiger partial charge in [-0.15, -0.1) is 0 Å². The standard InChI is InChI=1S/C55H91NO5/c1-4-7-10-13-16-19-22-24-25-26-27-28-29-31-33-36-39-42-45-48-55(60)61-51(46-43-40-37-34-32-30-23-20-17-14-11-8-5-2)49-54(59)56-52(50-57)53(58)47-44-41-38-35-21-18-15-12-9-6-3/h7-8,10-11,14,16-17,19-20,23-25,27-28,31,33,39,42,51-53,57-58H,4-6,9,12-13,15,18,21-22,26,29-30,32,34-38,40-41,43-50H2,1-3H3,(H,56,59)/b10-7-,11-8+,17-14+,19-16-,23-20+,25-24-,28-27-,33-31-,42-39-. The lowest BCUT2D eigenvalue weighted by atomic mass is 10.0. The average Bonchev–Trinajstić information content (AvgIpc) is 3.25. The highest BCUT2D eigenvalue weighted by atomic mass is 16.5. The molecule has 0 saturated heterocycles. The molecule has 0 radical (unpaired) electrons. The molecule has 0 aromatic rings. The second kappa shape index (κ2) is 47.6. The summed E-state index contributed by atoms with van der Waals surface area (Å²) in [6.07, 6.45) is 64.4. The molecule has 0 heterocycles. The van der Waals surface area contributed by atoms with E-state index in [0.29, 0.717) is 19.3 Å². The molecule has 6 nitrogen and oxygen atoms in total. The molecule has 6 heteroatoms. The SMILES string of the molecule is CC/C=C\C/C=C\C/C=C\C/C=C\C/C=C\C/C=C\CCC(=O)OC(CCCCCCC/C=C/C=C/C=C/CC)CC(=O)NC(CO)C(O)CCCCCCCCCCCC. The van der Waals surface area contributed by atoms with Crippen molar-refractivity contribution in [1.29, 1.82) is 0 Å². The van der Waals surface area contributed by atoms with Gasteiger partial charge in [-0.05, 0) is 83.5 Å². The van der Waals surface area contributed by atoms with Crippen molar-refractivity contribution < 1.29 is 24.5 Å². The zero-order chi connectivity index (χ0) is 44.5. The Morgan fingerprint density at radius 1 is 0.508 bits per heavy atom. The fourth-order valence-electron chi connectivity index (χ4n) is 6.75. The van der Waals surface area contributed by atoms with Crippen molar-refractivity contribution in [2.24, 2.45) is 0 Å². The van der Waals surface area contributed by atoms with Crippen molar-refractivity contribution in [3.63, 3.8) is 0 Å². The largest absolute Gasteiger partial charge is 0.462 e. The third-order valence-electron chi connectivity index (χ3n) is 10.4. The maximum atomic E-state index is 13.2. The Morgan fingerprint density at radius 2 is 0.967 bits per heavy atom. The number of aliphatic hydroxyl groups excluding tert-OH is 2. The van der Waals surface area contributed by atoms with Gasteiger partial charge in [0.05, 0.1) is 25.2 Å². The molecule has 0 bridgehead atoms. The monoisotopic (exact) mass is 846 g/mol. The molecule has 0 saturated carbocycles. The first-order valence-corrected chi connectivity index (χ1v) is 24.6. The van der Waals surface area contributed by atoms with Crippen molar-refractivity contribution >= 4 is 11.9 Å². The smallest absolute Gasteiger partial charge is 0.306 e. The Balaban J connectivity index is 4.75. The van der Waals surface area contributed by atoms with Crippen molar-refractivity contribution in [3.05, 3.63) is 109 Å². The summed E-state index contributed by atoms with van der Waals surface area (Å²) in [5, 5.41) is 23.6. The fourth-order valence-corrected chi connectivity index (χ4v) is 6.75. The first-order chi connectivity index (χ1) is 30.0. The van der Waals surface area contributed by atoms with Gasteiger partial charge in [-0.1, -0.05) is 214 Å². The van der Waals surface area contributed by atoms with Gasteiger partial charge >= 0.3 is 5.97 Å². The van der Waals surface area contributed by atoms with Crippen LogP contribution in [0.2, 0.25) is 0 Å². The van der Waals surface area contributed by atoms with Gasteiger partial charge in [-0.2, -0.15) is 0 Å². The van der Waals surface area contributed by atoms with E-state index in [1.807, 2.05) is 6.08 Å². The van der Waals surface area contributed by atoms with Crippen LogP contribution in [0.15, 0.2) is 109 Å². The summed E-state index contributed by atoms with van der Waals surface area (Å²) < 4.78 is 5.87. The molecule has 0 fully saturated rings. The molecule has 3 N–H and O–H groups in total. The van der Waals surface area contributed by atoms with E-state index in [2.05, 4.69) is 129 Å². The van der Waals surface area contributed by atoms with Crippen LogP contribution < -0.4 is 5.32 Å². The molecular weight excluding hydrogens is 755 g/mol. The molecule has 0 aromatic carbocycles. The van der Waals surface area contributed by atoms with Gasteiger partial charge in [0.25, 0.3) is 0 Å². The number of hydrogen-bond donors (Lipinski definition) is 3. The van der Waals surface area contributed by atoms with Crippen LogP contribution in [0.1, 0.15) is 201 Å². The molecule has 0 aromatic heterocycles. The Kier molecular flexibility index (Phi) is 44.9. The Morgan fingerprint density at radius 3 is 1.49 bits per heavy atom. The van der Waals surface area contributed by atoms with E-state index >= 15 is 0 Å². The molecule has 346 valence electrons. The summed E-state index contributed by atoms with van der Waals surface area (Å²) in [5.41, 5.74) is 0. The van der Waals surface area contributed by atoms with Crippen LogP contribution in [0.25, 0.3) is 0 Å². The van der Waals surface area contributed by atoms with E-state index < -0.39 is 18.2 Å². The van der Waals surface area contributed by atoms with Crippen LogP contribution in [0.4, 0.5) is 0 Å². The van der Waals surface area contributed by atoms with Crippen LogP contribution in [0, 0.1) is 0 Å². The molecule has 0 aliphatic heterocycles. The number of allylic oxidation sites excluding steroid dienone is 18. The highest BCUT2D eigenvalue weighted by Gasteiger charge is 2.24. The molecule has 0 aliphatic rings. The maximum absolute atomic E-state index is 13.2. The molecule has 3 unspecified atom stereocenters. The molecular formula is C55H91NO5. The van der Waals surface area contributed by atoms with Crippen LogP contribution in [-0.4, -0.2) is 46.9 Å². The minimum Gasteiger partial charge on any atom is -0.462 e. The van der Waals surface area contributed by atoms with Crippen LogP contribution >= 0.6 is 0 Å². The van der Waals surface area contributed by atoms with Gasteiger partial charge in [0.2, 0.25) is 5.91 Å². The number of carbonyl (C=O) groups is 2. The summed E-state index contributed by atoms with van der Waals surface area (Å²) in [6, 6.07) is -0.729. The molecule has 3 atom stereocenters. The fraction of sp³-hybridized carbons (Fsp3) is 0.636. The highest BCUT2D eigenvalue weighted by molar-refractivity contribution is 5.77. The molecule has 0 spiro atoms. The summed E-state index contributed by atoms with van der Waals surface area (Å²) >= 11 is 0. The topological polar surface area (TPSA) is 95.9 Å². The highest BCUT2D eigenvalue weighted by Crippen LogP contribution is 2.16. The number of amides is 1. The van der Waals surface area contributed by atoms with Crippen molar-refractivity contribution in [3.8, 4) is 0 Å². The minimum absolute atomic E-state index is 0.0267. The molecule has 1 amide bonds. The zero-order valence-electron chi connectivity index (χ0n) is 39.2. The number of carbonyl (C=O) groups excluding carboxylic acids is 2. The van der Waals surface area contributed by atoms with E-state index in [0.717, 1.165) is 103 Å². The minimum atomic E-state index is -0.811. The lowest BCUT2D eigenvalue weighted by molar-refractivity contribution is -0.150. The lowest BCUT2D eigenvalue weighted by Crippen LogP contribution is -2.46. The predicted molar refractivity (Wildman–Crippen MR) is 263 cm³/mol. The first-order valence-electron chi connectivity index (χ1n) is 24.6. The van der Waals surface area contributed by atoms with E-state index in [1.54, 1.807) is 0 Å². The van der Waals surface area contributed by atoms with Crippen molar-refractivity contribution in [2.75, 3.05) is 6.61 Å². The molecule has 0 rings (SSSR count). The van der Waals surface area contributed by atoms with Gasteiger partial charge in [0, 0.05) is 6.42 Å². The van der Waals surface area contributed by atoms with E-state index in [4.69, 9.17) is 4.74 Å². The quantitative estimate of drug-likeness (QED) is 0.0246. The summed E-state index contributed by atoms with van der Waals surface area (Å²) in [4.78, 5) is 26.1. The second-order valence-electron chi connectivity index (χ2n) is 16.2. The number of aliphatic hydroxyl groups is 2. The first kappa shape index (κ1) is 57.5. The zero-order valence-corrected chi connectivity index (χ0v) is 39.2. The number of ether oxygens (including phenoxy) is 1. The maximum Gasteiger partial charge on any atom is 0.306 e. The third kappa shape index (κ3) is 43.0. The number of unbranched alkanes of at least 4 members (excludes halogenated alkanes) is 14.